The molecule has 2 heterocycles. The van der Waals surface area contributed by atoms with Gasteiger partial charge in [0.1, 0.15) is 6.54 Å². The molecule has 8 nitrogen and oxygen atoms in total. The van der Waals surface area contributed by atoms with Gasteiger partial charge in [-0.15, -0.1) is 24.0 Å². The zero-order valence-electron chi connectivity index (χ0n) is 18.5. The van der Waals surface area contributed by atoms with Crippen LogP contribution in [0.2, 0.25) is 0 Å². The SMILES string of the molecule is CCNC(=NCC(=O)N1CCN(c2ccccc2)CC1)NCc1cc(C(C)C)no1.I. The van der Waals surface area contributed by atoms with Gasteiger partial charge in [-0.3, -0.25) is 4.79 Å². The van der Waals surface area contributed by atoms with E-state index in [1.807, 2.05) is 36.1 Å². The molecule has 1 aromatic heterocycles. The molecule has 31 heavy (non-hydrogen) atoms. The number of halogens is 1. The van der Waals surface area contributed by atoms with Gasteiger partial charge >= 0.3 is 0 Å². The average Bonchev–Trinajstić information content (AvgIpc) is 3.26. The molecule has 3 rings (SSSR count). The Bertz CT molecular complexity index is 832. The molecule has 1 aliphatic heterocycles. The topological polar surface area (TPSA) is 86.0 Å². The van der Waals surface area contributed by atoms with E-state index in [2.05, 4.69) is 51.7 Å². The van der Waals surface area contributed by atoms with Gasteiger partial charge in [0.2, 0.25) is 5.91 Å². The molecule has 1 aliphatic rings. The van der Waals surface area contributed by atoms with E-state index in [1.54, 1.807) is 0 Å². The number of benzene rings is 1. The first kappa shape index (κ1) is 25.0. The third-order valence-corrected chi connectivity index (χ3v) is 5.07. The van der Waals surface area contributed by atoms with E-state index in [9.17, 15) is 4.79 Å². The van der Waals surface area contributed by atoms with Crippen molar-refractivity contribution in [3.8, 4) is 0 Å². The predicted octanol–water partition coefficient (Wildman–Crippen LogP) is 2.82. The molecule has 0 spiro atoms. The maximum Gasteiger partial charge on any atom is 0.244 e. The van der Waals surface area contributed by atoms with Gasteiger partial charge in [-0.25, -0.2) is 4.99 Å². The maximum atomic E-state index is 12.6. The Balaban J connectivity index is 0.00000341. The smallest absolute Gasteiger partial charge is 0.244 e. The van der Waals surface area contributed by atoms with Gasteiger partial charge in [0.25, 0.3) is 0 Å². The minimum absolute atomic E-state index is 0. The second-order valence-corrected chi connectivity index (χ2v) is 7.62. The van der Waals surface area contributed by atoms with Crippen LogP contribution in [0.15, 0.2) is 45.9 Å². The fraction of sp³-hybridized carbons (Fsp3) is 0.500. The van der Waals surface area contributed by atoms with Gasteiger partial charge < -0.3 is 25.0 Å². The number of amides is 1. The Hall–Kier alpha value is -2.30. The minimum atomic E-state index is 0. The van der Waals surface area contributed by atoms with Crippen LogP contribution in [0.4, 0.5) is 5.69 Å². The second-order valence-electron chi connectivity index (χ2n) is 7.62. The highest BCUT2D eigenvalue weighted by atomic mass is 127. The summed E-state index contributed by atoms with van der Waals surface area (Å²) < 4.78 is 5.35. The highest BCUT2D eigenvalue weighted by Gasteiger charge is 2.21. The summed E-state index contributed by atoms with van der Waals surface area (Å²) in [6.07, 6.45) is 0. The van der Waals surface area contributed by atoms with Crippen LogP contribution in [0.5, 0.6) is 0 Å². The van der Waals surface area contributed by atoms with Crippen molar-refractivity contribution >= 4 is 41.5 Å². The maximum absolute atomic E-state index is 12.6. The standard InChI is InChI=1S/C22H32N6O2.HI/c1-4-23-22(24-15-19-14-20(17(2)3)26-30-19)25-16-21(29)28-12-10-27(11-13-28)18-8-6-5-7-9-18;/h5-9,14,17H,4,10-13,15-16H2,1-3H3,(H2,23,24,25);1H. The van der Waals surface area contributed by atoms with Gasteiger partial charge in [-0.05, 0) is 25.0 Å². The van der Waals surface area contributed by atoms with Crippen molar-refractivity contribution in [1.29, 1.82) is 0 Å². The van der Waals surface area contributed by atoms with E-state index in [0.717, 1.165) is 24.5 Å². The molecular weight excluding hydrogens is 507 g/mol. The van der Waals surface area contributed by atoms with Gasteiger partial charge in [-0.1, -0.05) is 37.2 Å². The van der Waals surface area contributed by atoms with Crippen LogP contribution in [0.3, 0.4) is 0 Å². The Morgan fingerprint density at radius 2 is 1.87 bits per heavy atom. The second kappa shape index (κ2) is 12.5. The fourth-order valence-corrected chi connectivity index (χ4v) is 3.30. The molecule has 2 N–H and O–H groups in total. The van der Waals surface area contributed by atoms with Crippen molar-refractivity contribution in [3.05, 3.63) is 47.9 Å². The number of aromatic nitrogens is 1. The normalized spacial score (nSPS) is 14.4. The Labute approximate surface area is 201 Å². The van der Waals surface area contributed by atoms with Crippen LogP contribution >= 0.6 is 24.0 Å². The van der Waals surface area contributed by atoms with Gasteiger partial charge in [0, 0.05) is 44.5 Å². The molecule has 0 radical (unpaired) electrons. The lowest BCUT2D eigenvalue weighted by atomic mass is 10.1. The number of nitrogens with zero attached hydrogens (tertiary/aromatic N) is 4. The zero-order valence-corrected chi connectivity index (χ0v) is 20.8. The lowest BCUT2D eigenvalue weighted by Crippen LogP contribution is -2.49. The van der Waals surface area contributed by atoms with E-state index in [4.69, 9.17) is 4.52 Å². The van der Waals surface area contributed by atoms with E-state index in [-0.39, 0.29) is 36.4 Å². The molecule has 1 saturated heterocycles. The number of rotatable bonds is 7. The van der Waals surface area contributed by atoms with E-state index >= 15 is 0 Å². The number of para-hydroxylation sites is 1. The van der Waals surface area contributed by atoms with Crippen molar-refractivity contribution in [3.63, 3.8) is 0 Å². The highest BCUT2D eigenvalue weighted by Crippen LogP contribution is 2.16. The molecule has 0 atom stereocenters. The monoisotopic (exact) mass is 540 g/mol. The van der Waals surface area contributed by atoms with Crippen molar-refractivity contribution < 1.29 is 9.32 Å². The van der Waals surface area contributed by atoms with Crippen molar-refractivity contribution in [2.45, 2.75) is 33.2 Å². The Kier molecular flexibility index (Phi) is 10.1. The third-order valence-electron chi connectivity index (χ3n) is 5.07. The average molecular weight is 540 g/mol. The largest absolute Gasteiger partial charge is 0.368 e. The summed E-state index contributed by atoms with van der Waals surface area (Å²) in [5, 5.41) is 10.4. The van der Waals surface area contributed by atoms with Crippen LogP contribution in [-0.4, -0.2) is 61.2 Å². The molecule has 1 fully saturated rings. The van der Waals surface area contributed by atoms with Gasteiger partial charge in [0.15, 0.2) is 11.7 Å². The first-order valence-corrected chi connectivity index (χ1v) is 10.6. The van der Waals surface area contributed by atoms with Crippen LogP contribution in [0, 0.1) is 0 Å². The number of nitrogens with one attached hydrogen (secondary N) is 2. The van der Waals surface area contributed by atoms with E-state index < -0.39 is 0 Å². The molecule has 1 amide bonds. The first-order chi connectivity index (χ1) is 14.6. The number of guanidine groups is 1. The summed E-state index contributed by atoms with van der Waals surface area (Å²) in [5.41, 5.74) is 2.13. The Morgan fingerprint density at radius 3 is 2.48 bits per heavy atom. The summed E-state index contributed by atoms with van der Waals surface area (Å²) in [7, 11) is 0. The molecule has 0 unspecified atom stereocenters. The molecule has 0 aliphatic carbocycles. The first-order valence-electron chi connectivity index (χ1n) is 10.6. The van der Waals surface area contributed by atoms with Crippen molar-refractivity contribution in [2.24, 2.45) is 4.99 Å². The molecule has 9 heteroatoms. The number of aliphatic imine (C=N–C) groups is 1. The summed E-state index contributed by atoms with van der Waals surface area (Å²) >= 11 is 0. The third kappa shape index (κ3) is 7.41. The predicted molar refractivity (Wildman–Crippen MR) is 134 cm³/mol. The Morgan fingerprint density at radius 1 is 1.16 bits per heavy atom. The summed E-state index contributed by atoms with van der Waals surface area (Å²) in [6.45, 7) is 10.5. The van der Waals surface area contributed by atoms with Crippen LogP contribution < -0.4 is 15.5 Å². The lowest BCUT2D eigenvalue weighted by molar-refractivity contribution is -0.129. The number of hydrogen-bond donors (Lipinski definition) is 2. The van der Waals surface area contributed by atoms with Crippen LogP contribution in [0.1, 0.15) is 38.1 Å². The molecule has 0 saturated carbocycles. The zero-order chi connectivity index (χ0) is 21.3. The number of carbonyl (C=O) groups is 1. The van der Waals surface area contributed by atoms with E-state index in [1.165, 1.54) is 5.69 Å². The number of hydrogen-bond acceptors (Lipinski definition) is 5. The minimum Gasteiger partial charge on any atom is -0.368 e. The molecule has 1 aromatic carbocycles. The molecule has 2 aromatic rings. The molecule has 0 bridgehead atoms. The number of carbonyl (C=O) groups excluding carboxylic acids is 1. The van der Waals surface area contributed by atoms with Gasteiger partial charge in [-0.2, -0.15) is 0 Å². The van der Waals surface area contributed by atoms with Gasteiger partial charge in [0.05, 0.1) is 12.2 Å². The van der Waals surface area contributed by atoms with E-state index in [0.29, 0.717) is 38.1 Å². The molecular formula is C22H33IN6O2. The number of anilines is 1. The molecule has 170 valence electrons. The fourth-order valence-electron chi connectivity index (χ4n) is 3.30. The van der Waals surface area contributed by atoms with Crippen LogP contribution in [0.25, 0.3) is 0 Å². The summed E-state index contributed by atoms with van der Waals surface area (Å²) in [5.74, 6) is 1.70. The quantitative estimate of drug-likeness (QED) is 0.319. The highest BCUT2D eigenvalue weighted by molar-refractivity contribution is 14.0. The van der Waals surface area contributed by atoms with Crippen molar-refractivity contribution in [2.75, 3.05) is 44.2 Å². The summed E-state index contributed by atoms with van der Waals surface area (Å²) in [6, 6.07) is 12.3. The van der Waals surface area contributed by atoms with Crippen molar-refractivity contribution in [1.82, 2.24) is 20.7 Å². The van der Waals surface area contributed by atoms with Crippen LogP contribution in [-0.2, 0) is 11.3 Å². The lowest BCUT2D eigenvalue weighted by Gasteiger charge is -2.36. The summed E-state index contributed by atoms with van der Waals surface area (Å²) in [4.78, 5) is 21.3. The number of piperazine rings is 1.